The monoisotopic (exact) mass is 217 g/mol. The van der Waals surface area contributed by atoms with Gasteiger partial charge in [-0.15, -0.1) is 0 Å². The number of aromatic nitrogens is 4. The highest BCUT2D eigenvalue weighted by Gasteiger charge is 2.16. The maximum absolute atomic E-state index is 4.27. The van der Waals surface area contributed by atoms with Crippen molar-refractivity contribution in [3.63, 3.8) is 0 Å². The minimum atomic E-state index is 0.0138. The largest absolute Gasteiger partial charge is 0.304 e. The van der Waals surface area contributed by atoms with E-state index in [0.717, 1.165) is 17.9 Å². The molecule has 0 spiro atoms. The summed E-state index contributed by atoms with van der Waals surface area (Å²) in [5.74, 6) is 0.775. The SMILES string of the molecule is CCNC(c1cnn(C)c1)c1ncccn1. The van der Waals surface area contributed by atoms with Crippen molar-refractivity contribution in [3.8, 4) is 0 Å². The van der Waals surface area contributed by atoms with E-state index in [1.807, 2.05) is 25.5 Å². The van der Waals surface area contributed by atoms with E-state index in [1.165, 1.54) is 0 Å². The molecular formula is C11H15N5. The molecule has 2 heterocycles. The Hall–Kier alpha value is -1.75. The molecule has 0 fully saturated rings. The van der Waals surface area contributed by atoms with Gasteiger partial charge < -0.3 is 5.32 Å². The van der Waals surface area contributed by atoms with E-state index in [-0.39, 0.29) is 6.04 Å². The second-order valence-corrected chi connectivity index (χ2v) is 3.55. The lowest BCUT2D eigenvalue weighted by Crippen LogP contribution is -2.23. The van der Waals surface area contributed by atoms with Crippen molar-refractivity contribution in [1.82, 2.24) is 25.1 Å². The van der Waals surface area contributed by atoms with Crippen LogP contribution in [0.2, 0.25) is 0 Å². The fraction of sp³-hybridized carbons (Fsp3) is 0.364. The highest BCUT2D eigenvalue weighted by Crippen LogP contribution is 2.17. The first-order valence-electron chi connectivity index (χ1n) is 5.30. The predicted octanol–water partition coefficient (Wildman–Crippen LogP) is 0.909. The first-order chi connectivity index (χ1) is 7.81. The van der Waals surface area contributed by atoms with E-state index >= 15 is 0 Å². The van der Waals surface area contributed by atoms with Gasteiger partial charge in [0, 0.05) is 31.2 Å². The minimum Gasteiger partial charge on any atom is -0.304 e. The standard InChI is InChI=1S/C11H15N5/c1-3-12-10(9-7-15-16(2)8-9)11-13-5-4-6-14-11/h4-8,10,12H,3H2,1-2H3. The molecule has 0 aliphatic carbocycles. The van der Waals surface area contributed by atoms with Crippen LogP contribution in [0.3, 0.4) is 0 Å². The van der Waals surface area contributed by atoms with Crippen molar-refractivity contribution in [2.24, 2.45) is 7.05 Å². The number of nitrogens with one attached hydrogen (secondary N) is 1. The molecule has 1 atom stereocenters. The van der Waals surface area contributed by atoms with Gasteiger partial charge in [-0.2, -0.15) is 5.10 Å². The van der Waals surface area contributed by atoms with Gasteiger partial charge >= 0.3 is 0 Å². The molecule has 0 saturated carbocycles. The highest BCUT2D eigenvalue weighted by molar-refractivity contribution is 5.18. The molecule has 1 N–H and O–H groups in total. The molecule has 16 heavy (non-hydrogen) atoms. The Morgan fingerprint density at radius 2 is 2.12 bits per heavy atom. The van der Waals surface area contributed by atoms with E-state index in [2.05, 4.69) is 27.3 Å². The van der Waals surface area contributed by atoms with Gasteiger partial charge in [-0.3, -0.25) is 4.68 Å². The summed E-state index contributed by atoms with van der Waals surface area (Å²) in [7, 11) is 1.90. The summed E-state index contributed by atoms with van der Waals surface area (Å²) in [6.07, 6.45) is 7.32. The van der Waals surface area contributed by atoms with Crippen LogP contribution in [-0.2, 0) is 7.05 Å². The quantitative estimate of drug-likeness (QED) is 0.827. The van der Waals surface area contributed by atoms with Crippen LogP contribution in [0.4, 0.5) is 0 Å². The molecule has 5 heteroatoms. The highest BCUT2D eigenvalue weighted by atomic mass is 15.2. The summed E-state index contributed by atoms with van der Waals surface area (Å²) in [4.78, 5) is 8.55. The molecule has 2 aromatic rings. The first kappa shape index (κ1) is 10.8. The summed E-state index contributed by atoms with van der Waals surface area (Å²) < 4.78 is 1.78. The molecule has 2 rings (SSSR count). The van der Waals surface area contributed by atoms with E-state index in [1.54, 1.807) is 17.1 Å². The molecule has 0 aromatic carbocycles. The Labute approximate surface area is 94.5 Å². The molecule has 84 valence electrons. The van der Waals surface area contributed by atoms with Gasteiger partial charge in [0.2, 0.25) is 0 Å². The lowest BCUT2D eigenvalue weighted by atomic mass is 10.1. The summed E-state index contributed by atoms with van der Waals surface area (Å²) in [6.45, 7) is 2.92. The minimum absolute atomic E-state index is 0.0138. The molecule has 0 bridgehead atoms. The van der Waals surface area contributed by atoms with Crippen LogP contribution < -0.4 is 5.32 Å². The fourth-order valence-electron chi connectivity index (χ4n) is 1.61. The van der Waals surface area contributed by atoms with Crippen LogP contribution in [0.25, 0.3) is 0 Å². The summed E-state index contributed by atoms with van der Waals surface area (Å²) in [5, 5.41) is 7.52. The van der Waals surface area contributed by atoms with Crippen molar-refractivity contribution in [3.05, 3.63) is 42.2 Å². The fourth-order valence-corrected chi connectivity index (χ4v) is 1.61. The number of rotatable bonds is 4. The zero-order valence-electron chi connectivity index (χ0n) is 9.46. The van der Waals surface area contributed by atoms with Gasteiger partial charge in [-0.25, -0.2) is 9.97 Å². The Kier molecular flexibility index (Phi) is 3.26. The van der Waals surface area contributed by atoms with E-state index in [9.17, 15) is 0 Å². The van der Waals surface area contributed by atoms with Gasteiger partial charge in [0.1, 0.15) is 5.82 Å². The Balaban J connectivity index is 2.31. The number of hydrogen-bond acceptors (Lipinski definition) is 4. The van der Waals surface area contributed by atoms with Gasteiger partial charge in [-0.05, 0) is 12.6 Å². The van der Waals surface area contributed by atoms with Crippen LogP contribution in [0, 0.1) is 0 Å². The Morgan fingerprint density at radius 3 is 2.69 bits per heavy atom. The zero-order valence-corrected chi connectivity index (χ0v) is 9.46. The van der Waals surface area contributed by atoms with Crippen molar-refractivity contribution in [2.45, 2.75) is 13.0 Å². The number of nitrogens with zero attached hydrogens (tertiary/aromatic N) is 4. The lowest BCUT2D eigenvalue weighted by Gasteiger charge is -2.14. The molecule has 1 unspecified atom stereocenters. The molecule has 2 aromatic heterocycles. The normalized spacial score (nSPS) is 12.6. The van der Waals surface area contributed by atoms with Gasteiger partial charge in [-0.1, -0.05) is 6.92 Å². The lowest BCUT2D eigenvalue weighted by molar-refractivity contribution is 0.596. The summed E-state index contributed by atoms with van der Waals surface area (Å²) in [6, 6.07) is 1.83. The van der Waals surface area contributed by atoms with Crippen LogP contribution in [0.15, 0.2) is 30.9 Å². The molecule has 0 aliphatic heterocycles. The van der Waals surface area contributed by atoms with Gasteiger partial charge in [0.15, 0.2) is 0 Å². The molecule has 0 aliphatic rings. The maximum Gasteiger partial charge on any atom is 0.149 e. The van der Waals surface area contributed by atoms with E-state index in [4.69, 9.17) is 0 Å². The number of hydrogen-bond donors (Lipinski definition) is 1. The second kappa shape index (κ2) is 4.85. The number of aryl methyl sites for hydroxylation is 1. The molecule has 0 amide bonds. The first-order valence-corrected chi connectivity index (χ1v) is 5.30. The van der Waals surface area contributed by atoms with Crippen LogP contribution in [0.1, 0.15) is 24.4 Å². The average Bonchev–Trinajstić information content (AvgIpc) is 2.74. The Bertz CT molecular complexity index is 437. The van der Waals surface area contributed by atoms with Crippen molar-refractivity contribution >= 4 is 0 Å². The molecular weight excluding hydrogens is 202 g/mol. The third-order valence-corrected chi connectivity index (χ3v) is 2.31. The summed E-state index contributed by atoms with van der Waals surface area (Å²) in [5.41, 5.74) is 1.08. The summed E-state index contributed by atoms with van der Waals surface area (Å²) >= 11 is 0. The third-order valence-electron chi connectivity index (χ3n) is 2.31. The second-order valence-electron chi connectivity index (χ2n) is 3.55. The van der Waals surface area contributed by atoms with Crippen LogP contribution >= 0.6 is 0 Å². The van der Waals surface area contributed by atoms with Crippen molar-refractivity contribution < 1.29 is 0 Å². The Morgan fingerprint density at radius 1 is 1.38 bits per heavy atom. The van der Waals surface area contributed by atoms with E-state index in [0.29, 0.717) is 0 Å². The molecule has 5 nitrogen and oxygen atoms in total. The van der Waals surface area contributed by atoms with Crippen LogP contribution in [-0.4, -0.2) is 26.3 Å². The smallest absolute Gasteiger partial charge is 0.149 e. The van der Waals surface area contributed by atoms with Crippen molar-refractivity contribution in [2.75, 3.05) is 6.54 Å². The maximum atomic E-state index is 4.27. The zero-order chi connectivity index (χ0) is 11.4. The average molecular weight is 217 g/mol. The van der Waals surface area contributed by atoms with Crippen molar-refractivity contribution in [1.29, 1.82) is 0 Å². The van der Waals surface area contributed by atoms with E-state index < -0.39 is 0 Å². The topological polar surface area (TPSA) is 55.6 Å². The van der Waals surface area contributed by atoms with Gasteiger partial charge in [0.05, 0.1) is 12.2 Å². The molecule has 0 radical (unpaired) electrons. The predicted molar refractivity (Wildman–Crippen MR) is 60.8 cm³/mol. The van der Waals surface area contributed by atoms with Crippen LogP contribution in [0.5, 0.6) is 0 Å². The van der Waals surface area contributed by atoms with Gasteiger partial charge in [0.25, 0.3) is 0 Å². The molecule has 0 saturated heterocycles. The third kappa shape index (κ3) is 2.25.